The first-order valence-electron chi connectivity index (χ1n) is 11.4. The van der Waals surface area contributed by atoms with Gasteiger partial charge in [0.25, 0.3) is 5.91 Å². The number of benzene rings is 2. The summed E-state index contributed by atoms with van der Waals surface area (Å²) in [5, 5.41) is 5.58. The molecule has 1 fully saturated rings. The minimum Gasteiger partial charge on any atom is -0.445 e. The highest BCUT2D eigenvalue weighted by Crippen LogP contribution is 2.46. The van der Waals surface area contributed by atoms with E-state index in [1.807, 2.05) is 68.4 Å². The van der Waals surface area contributed by atoms with Gasteiger partial charge in [-0.15, -0.1) is 0 Å². The molecule has 8 heteroatoms. The third-order valence-electron chi connectivity index (χ3n) is 6.40. The van der Waals surface area contributed by atoms with Crippen LogP contribution in [0.4, 0.5) is 10.5 Å². The number of nitrogens with one attached hydrogen (secondary N) is 2. The predicted octanol–water partition coefficient (Wildman–Crippen LogP) is 3.70. The number of rotatable bonds is 6. The number of hydrogen-bond donors (Lipinski definition) is 2. The summed E-state index contributed by atoms with van der Waals surface area (Å²) in [6.45, 7) is 11.8. The largest absolute Gasteiger partial charge is 0.445 e. The van der Waals surface area contributed by atoms with Crippen molar-refractivity contribution in [1.82, 2.24) is 10.2 Å². The van der Waals surface area contributed by atoms with Crippen LogP contribution in [-0.2, 0) is 26.3 Å². The Hall–Kier alpha value is -3.86. The molecular formula is C26H28N4O4. The number of ether oxygens (including phenoxy) is 1. The van der Waals surface area contributed by atoms with Gasteiger partial charge in [-0.05, 0) is 29.5 Å². The van der Waals surface area contributed by atoms with Crippen LogP contribution >= 0.6 is 0 Å². The highest BCUT2D eigenvalue weighted by molar-refractivity contribution is 6.07. The van der Waals surface area contributed by atoms with Gasteiger partial charge in [0, 0.05) is 12.2 Å². The average molecular weight is 461 g/mol. The molecule has 3 amide bonds. The molecule has 2 aromatic carbocycles. The number of carbonyl (C=O) groups is 3. The van der Waals surface area contributed by atoms with Crippen LogP contribution in [0.5, 0.6) is 0 Å². The van der Waals surface area contributed by atoms with Crippen molar-refractivity contribution < 1.29 is 19.1 Å². The Morgan fingerprint density at radius 1 is 1.21 bits per heavy atom. The van der Waals surface area contributed by atoms with E-state index in [0.29, 0.717) is 12.1 Å². The second kappa shape index (κ2) is 9.56. The van der Waals surface area contributed by atoms with Gasteiger partial charge in [-0.3, -0.25) is 19.3 Å². The van der Waals surface area contributed by atoms with E-state index >= 15 is 0 Å². The van der Waals surface area contributed by atoms with Crippen LogP contribution < -0.4 is 10.6 Å². The van der Waals surface area contributed by atoms with Gasteiger partial charge >= 0.3 is 12.3 Å². The summed E-state index contributed by atoms with van der Waals surface area (Å²) in [5.74, 6) is -0.462. The molecule has 2 N–H and O–H groups in total. The minimum absolute atomic E-state index is 0.0870. The van der Waals surface area contributed by atoms with Crippen LogP contribution in [0.1, 0.15) is 37.8 Å². The van der Waals surface area contributed by atoms with E-state index in [2.05, 4.69) is 15.5 Å². The Balaban J connectivity index is 1.51. The Bertz CT molecular complexity index is 1130. The van der Waals surface area contributed by atoms with Crippen molar-refractivity contribution in [2.45, 2.75) is 50.9 Å². The normalized spacial score (nSPS) is 21.6. The minimum atomic E-state index is -0.961. The number of likely N-dealkylation sites (tertiary alicyclic amines) is 1. The van der Waals surface area contributed by atoms with Gasteiger partial charge < -0.3 is 15.4 Å². The van der Waals surface area contributed by atoms with Crippen LogP contribution in [0.25, 0.3) is 4.85 Å². The van der Waals surface area contributed by atoms with Gasteiger partial charge in [0.15, 0.2) is 0 Å². The number of anilines is 1. The van der Waals surface area contributed by atoms with Crippen LogP contribution in [0, 0.1) is 12.5 Å². The first kappa shape index (κ1) is 23.3. The number of fused-ring (bicyclic) bond motifs is 2. The summed E-state index contributed by atoms with van der Waals surface area (Å²) in [6, 6.07) is 15.8. The fraction of sp³-hybridized carbons (Fsp3) is 0.385. The number of amides is 3. The molecule has 176 valence electrons. The maximum atomic E-state index is 13.6. The van der Waals surface area contributed by atoms with E-state index in [0.717, 1.165) is 11.1 Å². The van der Waals surface area contributed by atoms with Crippen LogP contribution in [0.2, 0.25) is 0 Å². The molecular weight excluding hydrogens is 432 g/mol. The third kappa shape index (κ3) is 4.46. The fourth-order valence-corrected chi connectivity index (χ4v) is 4.76. The Labute approximate surface area is 199 Å². The maximum absolute atomic E-state index is 13.6. The van der Waals surface area contributed by atoms with Crippen molar-refractivity contribution in [3.63, 3.8) is 0 Å². The summed E-state index contributed by atoms with van der Waals surface area (Å²) in [5.41, 5.74) is 1.40. The standard InChI is InChI=1S/C26H28N4O4/c1-17(2)13-21(29-25(33)34-15-18-9-5-4-6-10-18)23(31)30-16-26(14-22(30)27-3)19-11-7-8-12-20(19)28-24(26)32/h4-12,17,21-22H,13-16H2,1-2H3,(H,28,32)(H,29,33)/t21-,22-,26-/m0/s1. The van der Waals surface area contributed by atoms with E-state index in [1.54, 1.807) is 0 Å². The molecule has 8 nitrogen and oxygen atoms in total. The van der Waals surface area contributed by atoms with E-state index in [4.69, 9.17) is 11.3 Å². The summed E-state index contributed by atoms with van der Waals surface area (Å²) >= 11 is 0. The average Bonchev–Trinajstić information content (AvgIpc) is 3.35. The fourth-order valence-electron chi connectivity index (χ4n) is 4.76. The van der Waals surface area contributed by atoms with E-state index in [1.165, 1.54) is 4.90 Å². The molecule has 0 radical (unpaired) electrons. The van der Waals surface area contributed by atoms with Gasteiger partial charge in [-0.1, -0.05) is 62.4 Å². The molecule has 0 aliphatic carbocycles. The molecule has 0 aromatic heterocycles. The smallest absolute Gasteiger partial charge is 0.408 e. The van der Waals surface area contributed by atoms with Gasteiger partial charge in [0.2, 0.25) is 5.91 Å². The highest BCUT2D eigenvalue weighted by atomic mass is 16.5. The third-order valence-corrected chi connectivity index (χ3v) is 6.40. The van der Waals surface area contributed by atoms with Crippen molar-refractivity contribution in [1.29, 1.82) is 0 Å². The Kier molecular flexibility index (Phi) is 6.55. The Morgan fingerprint density at radius 3 is 2.62 bits per heavy atom. The molecule has 2 aromatic rings. The van der Waals surface area contributed by atoms with Gasteiger partial charge in [0.1, 0.15) is 18.1 Å². The second-order valence-corrected chi connectivity index (χ2v) is 9.25. The van der Waals surface area contributed by atoms with Crippen molar-refractivity contribution in [2.75, 3.05) is 11.9 Å². The number of alkyl carbamates (subject to hydrolysis) is 1. The van der Waals surface area contributed by atoms with Crippen molar-refractivity contribution in [3.8, 4) is 0 Å². The van der Waals surface area contributed by atoms with Gasteiger partial charge in [0.05, 0.1) is 6.42 Å². The van der Waals surface area contributed by atoms with Gasteiger partial charge in [-0.2, -0.15) is 0 Å². The molecule has 4 rings (SSSR count). The lowest BCUT2D eigenvalue weighted by Crippen LogP contribution is -2.51. The molecule has 2 aliphatic heterocycles. The van der Waals surface area contributed by atoms with Crippen LogP contribution in [0.15, 0.2) is 54.6 Å². The molecule has 1 spiro atoms. The summed E-state index contributed by atoms with van der Waals surface area (Å²) < 4.78 is 5.32. The van der Waals surface area contributed by atoms with Crippen LogP contribution in [-0.4, -0.2) is 41.6 Å². The molecule has 3 atom stereocenters. The van der Waals surface area contributed by atoms with Crippen LogP contribution in [0.3, 0.4) is 0 Å². The first-order valence-corrected chi connectivity index (χ1v) is 11.4. The molecule has 0 bridgehead atoms. The van der Waals surface area contributed by atoms with E-state index in [9.17, 15) is 14.4 Å². The number of carbonyl (C=O) groups excluding carboxylic acids is 3. The van der Waals surface area contributed by atoms with E-state index in [-0.39, 0.29) is 37.3 Å². The zero-order chi connectivity index (χ0) is 24.3. The molecule has 1 saturated heterocycles. The quantitative estimate of drug-likeness (QED) is 0.643. The molecule has 2 aliphatic rings. The van der Waals surface area contributed by atoms with Gasteiger partial charge in [-0.25, -0.2) is 11.4 Å². The topological polar surface area (TPSA) is 92.1 Å². The summed E-state index contributed by atoms with van der Waals surface area (Å²) in [7, 11) is 0. The second-order valence-electron chi connectivity index (χ2n) is 9.25. The van der Waals surface area contributed by atoms with E-state index < -0.39 is 23.7 Å². The number of para-hydroxylation sites is 1. The molecule has 0 unspecified atom stereocenters. The molecule has 34 heavy (non-hydrogen) atoms. The lowest BCUT2D eigenvalue weighted by atomic mass is 9.80. The van der Waals surface area contributed by atoms with Crippen molar-refractivity contribution >= 4 is 23.6 Å². The summed E-state index contributed by atoms with van der Waals surface area (Å²) in [4.78, 5) is 44.2. The number of nitrogens with zero attached hydrogens (tertiary/aromatic N) is 2. The zero-order valence-electron chi connectivity index (χ0n) is 19.3. The SMILES string of the molecule is [C-]#[N+][C@@H]1C[C@@]2(CN1C(=O)[C@H](CC(C)C)NC(=O)OCc1ccccc1)C(=O)Nc1ccccc12. The number of hydrogen-bond acceptors (Lipinski definition) is 4. The molecule has 2 heterocycles. The zero-order valence-corrected chi connectivity index (χ0v) is 19.3. The van der Waals surface area contributed by atoms with Crippen molar-refractivity contribution in [2.24, 2.45) is 5.92 Å². The lowest BCUT2D eigenvalue weighted by Gasteiger charge is -2.26. The highest BCUT2D eigenvalue weighted by Gasteiger charge is 2.59. The first-order chi connectivity index (χ1) is 16.3. The monoisotopic (exact) mass is 460 g/mol. The lowest BCUT2D eigenvalue weighted by molar-refractivity contribution is -0.134. The van der Waals surface area contributed by atoms with Crippen molar-refractivity contribution in [3.05, 3.63) is 77.1 Å². The Morgan fingerprint density at radius 2 is 1.91 bits per heavy atom. The summed E-state index contributed by atoms with van der Waals surface area (Å²) in [6.07, 6.45) is -0.880. The molecule has 0 saturated carbocycles. The maximum Gasteiger partial charge on any atom is 0.408 e. The predicted molar refractivity (Wildman–Crippen MR) is 126 cm³/mol.